The van der Waals surface area contributed by atoms with Crippen LogP contribution in [-0.4, -0.2) is 43.6 Å². The minimum absolute atomic E-state index is 0.0159. The third kappa shape index (κ3) is 3.31. The molecule has 0 unspecified atom stereocenters. The number of carbonyl (C=O) groups excluding carboxylic acids is 1. The Balaban J connectivity index is 1.27. The van der Waals surface area contributed by atoms with Crippen LogP contribution in [0.4, 0.5) is 0 Å². The summed E-state index contributed by atoms with van der Waals surface area (Å²) in [6.07, 6.45) is 5.29. The summed E-state index contributed by atoms with van der Waals surface area (Å²) in [7, 11) is 0. The molecule has 144 valence electrons. The molecule has 0 bridgehead atoms. The third-order valence-electron chi connectivity index (χ3n) is 5.30. The van der Waals surface area contributed by atoms with Gasteiger partial charge in [-0.1, -0.05) is 6.07 Å². The summed E-state index contributed by atoms with van der Waals surface area (Å²) in [6, 6.07) is 14.7. The van der Waals surface area contributed by atoms with Crippen molar-refractivity contribution < 1.29 is 4.79 Å². The van der Waals surface area contributed by atoms with Gasteiger partial charge < -0.3 is 9.88 Å². The minimum atomic E-state index is -0.139. The number of pyridine rings is 1. The van der Waals surface area contributed by atoms with E-state index < -0.39 is 0 Å². The Bertz CT molecular complexity index is 1240. The van der Waals surface area contributed by atoms with Crippen LogP contribution in [0.1, 0.15) is 10.4 Å². The summed E-state index contributed by atoms with van der Waals surface area (Å²) in [4.78, 5) is 34.0. The third-order valence-corrected chi connectivity index (χ3v) is 5.30. The number of aromatic nitrogens is 4. The largest absolute Gasteiger partial charge is 0.361 e. The highest BCUT2D eigenvalue weighted by atomic mass is 16.2. The van der Waals surface area contributed by atoms with Crippen LogP contribution in [-0.2, 0) is 6.54 Å². The lowest BCUT2D eigenvalue weighted by Crippen LogP contribution is -2.52. The van der Waals surface area contributed by atoms with Gasteiger partial charge in [-0.05, 0) is 41.8 Å². The van der Waals surface area contributed by atoms with Gasteiger partial charge in [0.15, 0.2) is 0 Å². The maximum absolute atomic E-state index is 12.7. The van der Waals surface area contributed by atoms with Crippen molar-refractivity contribution in [2.45, 2.75) is 6.54 Å². The van der Waals surface area contributed by atoms with E-state index in [1.165, 1.54) is 10.7 Å². The number of nitrogens with one attached hydrogen (secondary N) is 1. The van der Waals surface area contributed by atoms with E-state index >= 15 is 0 Å². The molecule has 1 aromatic carbocycles. The van der Waals surface area contributed by atoms with Crippen LogP contribution < -0.4 is 5.56 Å². The lowest BCUT2D eigenvalue weighted by atomic mass is 9.98. The molecular weight excluding hydrogens is 366 g/mol. The molecule has 0 aliphatic carbocycles. The Morgan fingerprint density at radius 2 is 2.03 bits per heavy atom. The van der Waals surface area contributed by atoms with Gasteiger partial charge >= 0.3 is 0 Å². The fourth-order valence-corrected chi connectivity index (χ4v) is 3.71. The van der Waals surface area contributed by atoms with Gasteiger partial charge in [0.25, 0.3) is 11.5 Å². The summed E-state index contributed by atoms with van der Waals surface area (Å²) in [5.41, 5.74) is 3.07. The number of hydrogen-bond acceptors (Lipinski definition) is 4. The Labute approximate surface area is 166 Å². The van der Waals surface area contributed by atoms with Gasteiger partial charge in [0.05, 0.1) is 12.2 Å². The van der Waals surface area contributed by atoms with Gasteiger partial charge in [-0.25, -0.2) is 4.68 Å². The van der Waals surface area contributed by atoms with E-state index in [-0.39, 0.29) is 17.4 Å². The number of carbonyl (C=O) groups is 1. The van der Waals surface area contributed by atoms with Crippen molar-refractivity contribution in [2.24, 2.45) is 5.92 Å². The molecule has 7 nitrogen and oxygen atoms in total. The van der Waals surface area contributed by atoms with Gasteiger partial charge in [0.1, 0.15) is 0 Å². The van der Waals surface area contributed by atoms with E-state index in [2.05, 4.69) is 15.1 Å². The molecule has 3 aromatic heterocycles. The summed E-state index contributed by atoms with van der Waals surface area (Å²) in [5.74, 6) is 0.227. The number of H-pyrrole nitrogens is 1. The van der Waals surface area contributed by atoms with Crippen molar-refractivity contribution in [3.8, 4) is 11.3 Å². The van der Waals surface area contributed by atoms with Crippen molar-refractivity contribution in [3.05, 3.63) is 83.0 Å². The van der Waals surface area contributed by atoms with E-state index in [9.17, 15) is 9.59 Å². The maximum atomic E-state index is 12.7. The summed E-state index contributed by atoms with van der Waals surface area (Å²) < 4.78 is 1.49. The Morgan fingerprint density at radius 3 is 2.86 bits per heavy atom. The second-order valence-electron chi connectivity index (χ2n) is 7.34. The molecular formula is C22H19N5O2. The van der Waals surface area contributed by atoms with Crippen LogP contribution in [0.3, 0.4) is 0 Å². The molecule has 1 aliphatic rings. The quantitative estimate of drug-likeness (QED) is 0.585. The number of hydrogen-bond donors (Lipinski definition) is 1. The second-order valence-corrected chi connectivity index (χ2v) is 7.34. The molecule has 29 heavy (non-hydrogen) atoms. The molecule has 1 N–H and O–H groups in total. The van der Waals surface area contributed by atoms with Crippen LogP contribution in [0.2, 0.25) is 0 Å². The molecule has 1 amide bonds. The molecule has 1 fully saturated rings. The van der Waals surface area contributed by atoms with Gasteiger partial charge in [-0.2, -0.15) is 5.10 Å². The number of nitrogens with zero attached hydrogens (tertiary/aromatic N) is 4. The number of benzene rings is 1. The van der Waals surface area contributed by atoms with Gasteiger partial charge in [-0.3, -0.25) is 14.6 Å². The molecule has 0 radical (unpaired) electrons. The van der Waals surface area contributed by atoms with Crippen molar-refractivity contribution in [2.75, 3.05) is 13.1 Å². The lowest BCUT2D eigenvalue weighted by molar-refractivity contribution is 0.0459. The molecule has 1 aliphatic heterocycles. The Kier molecular flexibility index (Phi) is 4.20. The molecule has 4 heterocycles. The predicted octanol–water partition coefficient (Wildman–Crippen LogP) is 2.56. The SMILES string of the molecule is O=C(c1ccc2cc[nH]c2c1)N1CC(Cn2nc(-c3cccnc3)ccc2=O)C1. The fourth-order valence-electron chi connectivity index (χ4n) is 3.71. The second kappa shape index (κ2) is 7.01. The highest BCUT2D eigenvalue weighted by molar-refractivity contribution is 5.98. The van der Waals surface area contributed by atoms with E-state index in [4.69, 9.17) is 0 Å². The summed E-state index contributed by atoms with van der Waals surface area (Å²) >= 11 is 0. The van der Waals surface area contributed by atoms with Crippen molar-refractivity contribution in [3.63, 3.8) is 0 Å². The van der Waals surface area contributed by atoms with Crippen molar-refractivity contribution >= 4 is 16.8 Å². The van der Waals surface area contributed by atoms with Crippen molar-refractivity contribution in [1.29, 1.82) is 0 Å². The van der Waals surface area contributed by atoms with Gasteiger partial charge in [0.2, 0.25) is 0 Å². The van der Waals surface area contributed by atoms with Gasteiger partial charge in [-0.15, -0.1) is 0 Å². The van der Waals surface area contributed by atoms with Crippen LogP contribution in [0.15, 0.2) is 71.9 Å². The van der Waals surface area contributed by atoms with Crippen LogP contribution in [0.25, 0.3) is 22.2 Å². The average molecular weight is 385 g/mol. The predicted molar refractivity (Wildman–Crippen MR) is 109 cm³/mol. The zero-order valence-electron chi connectivity index (χ0n) is 15.7. The molecule has 5 rings (SSSR count). The van der Waals surface area contributed by atoms with Crippen LogP contribution in [0.5, 0.6) is 0 Å². The van der Waals surface area contributed by atoms with E-state index in [1.54, 1.807) is 18.5 Å². The monoisotopic (exact) mass is 385 g/mol. The zero-order chi connectivity index (χ0) is 19.8. The molecule has 4 aromatic rings. The van der Waals surface area contributed by atoms with E-state index in [0.29, 0.717) is 30.9 Å². The van der Waals surface area contributed by atoms with E-state index in [1.807, 2.05) is 47.5 Å². The highest BCUT2D eigenvalue weighted by Gasteiger charge is 2.32. The standard InChI is InChI=1S/C22H19N5O2/c28-21-6-5-19(18-2-1-8-23-11-18)25-27(21)14-15-12-26(13-15)22(29)17-4-3-16-7-9-24-20(16)10-17/h1-11,15,24H,12-14H2. The minimum Gasteiger partial charge on any atom is -0.361 e. The van der Waals surface area contributed by atoms with Crippen LogP contribution in [0, 0.1) is 5.92 Å². The topological polar surface area (TPSA) is 83.9 Å². The first-order valence-corrected chi connectivity index (χ1v) is 9.52. The van der Waals surface area contributed by atoms with Crippen LogP contribution >= 0.6 is 0 Å². The molecule has 1 saturated heterocycles. The number of fused-ring (bicyclic) bond motifs is 1. The Morgan fingerprint density at radius 1 is 1.14 bits per heavy atom. The highest BCUT2D eigenvalue weighted by Crippen LogP contribution is 2.22. The number of likely N-dealkylation sites (tertiary alicyclic amines) is 1. The smallest absolute Gasteiger partial charge is 0.266 e. The first-order valence-electron chi connectivity index (χ1n) is 9.52. The summed E-state index contributed by atoms with van der Waals surface area (Å²) in [5, 5.41) is 5.56. The summed E-state index contributed by atoms with van der Waals surface area (Å²) in [6.45, 7) is 1.73. The average Bonchev–Trinajstić information content (AvgIpc) is 3.19. The number of rotatable bonds is 4. The molecule has 0 atom stereocenters. The molecule has 0 spiro atoms. The molecule has 7 heteroatoms. The normalized spacial score (nSPS) is 14.1. The first-order chi connectivity index (χ1) is 14.2. The number of amides is 1. The molecule has 0 saturated carbocycles. The first kappa shape index (κ1) is 17.4. The zero-order valence-corrected chi connectivity index (χ0v) is 15.7. The lowest BCUT2D eigenvalue weighted by Gasteiger charge is -2.39. The Hall–Kier alpha value is -3.74. The maximum Gasteiger partial charge on any atom is 0.266 e. The fraction of sp³-hybridized carbons (Fsp3) is 0.182. The van der Waals surface area contributed by atoms with Gasteiger partial charge in [0, 0.05) is 60.3 Å². The number of aromatic amines is 1. The van der Waals surface area contributed by atoms with Crippen molar-refractivity contribution in [1.82, 2.24) is 24.6 Å². The van der Waals surface area contributed by atoms with E-state index in [0.717, 1.165) is 16.5 Å².